The van der Waals surface area contributed by atoms with Crippen molar-refractivity contribution in [3.05, 3.63) is 29.8 Å². The maximum absolute atomic E-state index is 11.4. The van der Waals surface area contributed by atoms with Crippen molar-refractivity contribution in [2.24, 2.45) is 5.73 Å². The monoisotopic (exact) mass is 238 g/mol. The van der Waals surface area contributed by atoms with E-state index in [4.69, 9.17) is 5.73 Å². The zero-order chi connectivity index (χ0) is 12.1. The summed E-state index contributed by atoms with van der Waals surface area (Å²) in [6, 6.07) is 7.01. The van der Waals surface area contributed by atoms with Crippen LogP contribution in [0.25, 0.3) is 0 Å². The van der Waals surface area contributed by atoms with E-state index in [9.17, 15) is 9.59 Å². The first-order valence-electron chi connectivity index (χ1n) is 4.82. The third-order valence-electron chi connectivity index (χ3n) is 1.95. The lowest BCUT2D eigenvalue weighted by Gasteiger charge is -2.09. The molecule has 0 unspecified atom stereocenters. The van der Waals surface area contributed by atoms with Gasteiger partial charge in [0.1, 0.15) is 0 Å². The number of nitrogens with two attached hydrogens (primary N) is 1. The summed E-state index contributed by atoms with van der Waals surface area (Å²) in [5.74, 6) is -0.377. The summed E-state index contributed by atoms with van der Waals surface area (Å²) in [7, 11) is 0. The minimum Gasteiger partial charge on any atom is -0.351 e. The highest BCUT2D eigenvalue weighted by atomic mass is 32.2. The van der Waals surface area contributed by atoms with Gasteiger partial charge in [-0.15, -0.1) is 11.8 Å². The Balaban J connectivity index is 2.57. The summed E-state index contributed by atoms with van der Waals surface area (Å²) in [5.41, 5.74) is 6.03. The van der Waals surface area contributed by atoms with Crippen LogP contribution in [0.3, 0.4) is 0 Å². The molecule has 3 amide bonds. The zero-order valence-electron chi connectivity index (χ0n) is 9.19. The van der Waals surface area contributed by atoms with Crippen molar-refractivity contribution in [2.45, 2.75) is 24.0 Å². The summed E-state index contributed by atoms with van der Waals surface area (Å²) < 4.78 is 0. The van der Waals surface area contributed by atoms with Crippen LogP contribution in [0.4, 0.5) is 4.79 Å². The van der Waals surface area contributed by atoms with Gasteiger partial charge in [0.05, 0.1) is 5.25 Å². The zero-order valence-corrected chi connectivity index (χ0v) is 10.0. The molecule has 0 bridgehead atoms. The van der Waals surface area contributed by atoms with E-state index in [1.54, 1.807) is 6.92 Å². The number of hydrogen-bond donors (Lipinski definition) is 2. The summed E-state index contributed by atoms with van der Waals surface area (Å²) in [5, 5.41) is 1.70. The molecule has 1 rings (SSSR count). The first-order valence-corrected chi connectivity index (χ1v) is 5.70. The Labute approximate surface area is 98.6 Å². The molecule has 0 saturated heterocycles. The van der Waals surface area contributed by atoms with Gasteiger partial charge in [-0.1, -0.05) is 17.7 Å². The van der Waals surface area contributed by atoms with Crippen LogP contribution in [0.1, 0.15) is 12.5 Å². The van der Waals surface area contributed by atoms with E-state index in [0.29, 0.717) is 0 Å². The van der Waals surface area contributed by atoms with Gasteiger partial charge in [0.15, 0.2) is 0 Å². The summed E-state index contributed by atoms with van der Waals surface area (Å²) in [4.78, 5) is 22.9. The molecule has 0 aliphatic rings. The number of carbonyl (C=O) groups is 2. The van der Waals surface area contributed by atoms with E-state index in [0.717, 1.165) is 4.90 Å². The third-order valence-corrected chi connectivity index (χ3v) is 3.06. The molecule has 0 fully saturated rings. The van der Waals surface area contributed by atoms with E-state index >= 15 is 0 Å². The Morgan fingerprint density at radius 2 is 1.88 bits per heavy atom. The number of hydrogen-bond acceptors (Lipinski definition) is 3. The molecular weight excluding hydrogens is 224 g/mol. The fourth-order valence-electron chi connectivity index (χ4n) is 1.10. The largest absolute Gasteiger partial charge is 0.351 e. The molecule has 3 N–H and O–H groups in total. The van der Waals surface area contributed by atoms with Crippen LogP contribution in [0.15, 0.2) is 29.2 Å². The van der Waals surface area contributed by atoms with Crippen molar-refractivity contribution in [1.82, 2.24) is 5.32 Å². The number of benzene rings is 1. The number of carbonyl (C=O) groups excluding carboxylic acids is 2. The molecule has 1 aromatic carbocycles. The molecule has 4 nitrogen and oxygen atoms in total. The smallest absolute Gasteiger partial charge is 0.318 e. The van der Waals surface area contributed by atoms with Gasteiger partial charge in [-0.2, -0.15) is 0 Å². The predicted molar refractivity (Wildman–Crippen MR) is 64.2 cm³/mol. The molecule has 0 heterocycles. The van der Waals surface area contributed by atoms with E-state index in [-0.39, 0.29) is 11.2 Å². The highest BCUT2D eigenvalue weighted by Crippen LogP contribution is 2.23. The maximum Gasteiger partial charge on any atom is 0.318 e. The summed E-state index contributed by atoms with van der Waals surface area (Å²) >= 11 is 1.38. The van der Waals surface area contributed by atoms with Gasteiger partial charge < -0.3 is 5.73 Å². The Hall–Kier alpha value is -1.49. The van der Waals surface area contributed by atoms with Gasteiger partial charge in [-0.3, -0.25) is 10.1 Å². The Bertz CT molecular complexity index is 389. The summed E-state index contributed by atoms with van der Waals surface area (Å²) in [6.45, 7) is 3.72. The Morgan fingerprint density at radius 1 is 1.31 bits per heavy atom. The standard InChI is InChI=1S/C11H14N2O2S/c1-7-3-5-9(6-4-7)16-8(2)10(14)13-11(12)15/h3-6,8H,1-2H3,(H3,12,13,14,15)/t8-/m1/s1. The number of urea groups is 1. The second-order valence-corrected chi connectivity index (χ2v) is 4.84. The molecule has 5 heteroatoms. The average molecular weight is 238 g/mol. The van der Waals surface area contributed by atoms with Crippen LogP contribution in [0.5, 0.6) is 0 Å². The van der Waals surface area contributed by atoms with Crippen LogP contribution in [-0.2, 0) is 4.79 Å². The lowest BCUT2D eigenvalue weighted by Crippen LogP contribution is -2.39. The van der Waals surface area contributed by atoms with Crippen molar-refractivity contribution in [2.75, 3.05) is 0 Å². The molecule has 0 aliphatic heterocycles. The van der Waals surface area contributed by atoms with E-state index in [1.807, 2.05) is 31.2 Å². The van der Waals surface area contributed by atoms with Crippen LogP contribution >= 0.6 is 11.8 Å². The van der Waals surface area contributed by atoms with Crippen LogP contribution in [-0.4, -0.2) is 17.2 Å². The van der Waals surface area contributed by atoms with Crippen molar-refractivity contribution in [1.29, 1.82) is 0 Å². The number of imide groups is 1. The summed E-state index contributed by atoms with van der Waals surface area (Å²) in [6.07, 6.45) is 0. The molecule has 0 radical (unpaired) electrons. The maximum atomic E-state index is 11.4. The normalized spacial score (nSPS) is 11.9. The van der Waals surface area contributed by atoms with Crippen molar-refractivity contribution in [3.63, 3.8) is 0 Å². The van der Waals surface area contributed by atoms with Crippen molar-refractivity contribution >= 4 is 23.7 Å². The third kappa shape index (κ3) is 3.94. The molecule has 16 heavy (non-hydrogen) atoms. The lowest BCUT2D eigenvalue weighted by atomic mass is 10.2. The second-order valence-electron chi connectivity index (χ2n) is 3.43. The van der Waals surface area contributed by atoms with Crippen LogP contribution < -0.4 is 11.1 Å². The highest BCUT2D eigenvalue weighted by molar-refractivity contribution is 8.00. The van der Waals surface area contributed by atoms with E-state index < -0.39 is 6.03 Å². The Kier molecular flexibility index (Phi) is 4.37. The first-order chi connectivity index (χ1) is 7.49. The SMILES string of the molecule is Cc1ccc(S[C@H](C)C(=O)NC(N)=O)cc1. The molecule has 0 saturated carbocycles. The quantitative estimate of drug-likeness (QED) is 0.787. The van der Waals surface area contributed by atoms with E-state index in [1.165, 1.54) is 17.3 Å². The Morgan fingerprint density at radius 3 is 2.38 bits per heavy atom. The van der Waals surface area contributed by atoms with Gasteiger partial charge in [-0.25, -0.2) is 4.79 Å². The average Bonchev–Trinajstić information content (AvgIpc) is 2.20. The highest BCUT2D eigenvalue weighted by Gasteiger charge is 2.15. The number of aryl methyl sites for hydroxylation is 1. The van der Waals surface area contributed by atoms with Gasteiger partial charge >= 0.3 is 6.03 Å². The van der Waals surface area contributed by atoms with Gasteiger partial charge in [-0.05, 0) is 26.0 Å². The van der Waals surface area contributed by atoms with E-state index in [2.05, 4.69) is 5.32 Å². The molecule has 1 aromatic rings. The van der Waals surface area contributed by atoms with Crippen LogP contribution in [0, 0.1) is 6.92 Å². The molecule has 0 aliphatic carbocycles. The number of nitrogens with one attached hydrogen (secondary N) is 1. The minimum atomic E-state index is -0.818. The minimum absolute atomic E-state index is 0.352. The van der Waals surface area contributed by atoms with Crippen LogP contribution in [0.2, 0.25) is 0 Å². The molecule has 1 atom stereocenters. The number of rotatable bonds is 3. The van der Waals surface area contributed by atoms with Crippen molar-refractivity contribution in [3.8, 4) is 0 Å². The first kappa shape index (κ1) is 12.6. The molecule has 86 valence electrons. The molecule has 0 spiro atoms. The number of amides is 3. The molecular formula is C11H14N2O2S. The van der Waals surface area contributed by atoms with Gasteiger partial charge in [0.2, 0.25) is 5.91 Å². The van der Waals surface area contributed by atoms with Crippen molar-refractivity contribution < 1.29 is 9.59 Å². The van der Waals surface area contributed by atoms with Gasteiger partial charge in [0.25, 0.3) is 0 Å². The predicted octanol–water partition coefficient (Wildman–Crippen LogP) is 1.67. The number of thioether (sulfide) groups is 1. The fourth-order valence-corrected chi connectivity index (χ4v) is 1.96. The number of primary amides is 1. The fraction of sp³-hybridized carbons (Fsp3) is 0.273. The molecule has 0 aromatic heterocycles. The van der Waals surface area contributed by atoms with Gasteiger partial charge in [0, 0.05) is 4.90 Å². The topological polar surface area (TPSA) is 72.2 Å². The lowest BCUT2D eigenvalue weighted by molar-refractivity contribution is -0.119. The second kappa shape index (κ2) is 5.55.